The Labute approximate surface area is 257 Å². The van der Waals surface area contributed by atoms with Crippen molar-refractivity contribution in [2.45, 2.75) is 116 Å². The van der Waals surface area contributed by atoms with Crippen LogP contribution in [0.5, 0.6) is 0 Å². The number of anilines is 2. The SMILES string of the molecule is C#C[C@@]1(F)C(O[SiH](C(C)C)C(C)C)[C@@H](CO[Si](O)(C(C)C)C(C)C)O[C@H]1n1cnc2c(NC)nc(NC(=O)C(C)C)nc21. The largest absolute Gasteiger partial charge is 0.410 e. The van der Waals surface area contributed by atoms with Crippen LogP contribution >= 0.6 is 0 Å². The summed E-state index contributed by atoms with van der Waals surface area (Å²) in [6.45, 7) is 19.4. The Kier molecular flexibility index (Phi) is 11.2. The summed E-state index contributed by atoms with van der Waals surface area (Å²) in [5.41, 5.74) is -1.67. The highest BCUT2D eigenvalue weighted by Crippen LogP contribution is 2.46. The van der Waals surface area contributed by atoms with Crippen LogP contribution in [-0.2, 0) is 18.4 Å². The smallest absolute Gasteiger partial charge is 0.340 e. The highest BCUT2D eigenvalue weighted by molar-refractivity contribution is 6.68. The lowest BCUT2D eigenvalue weighted by Gasteiger charge is -2.36. The van der Waals surface area contributed by atoms with Gasteiger partial charge in [-0.1, -0.05) is 75.2 Å². The average Bonchev–Trinajstić information content (AvgIpc) is 3.47. The lowest BCUT2D eigenvalue weighted by atomic mass is 9.97. The molecule has 0 radical (unpaired) electrons. The van der Waals surface area contributed by atoms with E-state index < -0.39 is 41.7 Å². The van der Waals surface area contributed by atoms with Gasteiger partial charge in [0.2, 0.25) is 17.5 Å². The number of rotatable bonds is 13. The Bertz CT molecular complexity index is 1300. The number of hydrogen-bond acceptors (Lipinski definition) is 9. The standard InChI is InChI=1S/C29H49FN6O5Si2/c1-13-29(30)23(41-42(17(4)5)18(6)7)21(14-39-43(38,19(8)9)20(10)11)40-27(29)36-15-32-22-24(31-12)33-28(34-25(22)36)35-26(37)16(2)3/h1,15-21,23,27,38,42H,14H2,2-12H3,(H2,31,33,34,35,37)/t21-,23?,27-,29-/m1/s1. The van der Waals surface area contributed by atoms with Crippen LogP contribution in [0, 0.1) is 18.3 Å². The first kappa shape index (κ1) is 35.1. The van der Waals surface area contributed by atoms with Crippen molar-refractivity contribution < 1.29 is 27.6 Å². The minimum absolute atomic E-state index is 0.0326. The highest BCUT2D eigenvalue weighted by atomic mass is 28.4. The maximum absolute atomic E-state index is 17.4. The first-order valence-corrected chi connectivity index (χ1v) is 18.9. The van der Waals surface area contributed by atoms with Crippen molar-refractivity contribution in [1.82, 2.24) is 19.5 Å². The quantitative estimate of drug-likeness (QED) is 0.207. The summed E-state index contributed by atoms with van der Waals surface area (Å²) in [5, 5.41) is 5.66. The van der Waals surface area contributed by atoms with Crippen molar-refractivity contribution in [3.8, 4) is 12.3 Å². The minimum atomic E-state index is -3.20. The summed E-state index contributed by atoms with van der Waals surface area (Å²) in [6.07, 6.45) is 3.91. The van der Waals surface area contributed by atoms with Crippen molar-refractivity contribution in [2.24, 2.45) is 5.92 Å². The van der Waals surface area contributed by atoms with Gasteiger partial charge >= 0.3 is 8.56 Å². The first-order chi connectivity index (χ1) is 20.0. The van der Waals surface area contributed by atoms with Crippen molar-refractivity contribution in [1.29, 1.82) is 0 Å². The number of carbonyl (C=O) groups excluding carboxylic acids is 1. The second kappa shape index (κ2) is 13.7. The Morgan fingerprint density at radius 2 is 1.79 bits per heavy atom. The zero-order chi connectivity index (χ0) is 32.4. The van der Waals surface area contributed by atoms with Gasteiger partial charge in [0.15, 0.2) is 32.2 Å². The van der Waals surface area contributed by atoms with Crippen molar-refractivity contribution in [3.63, 3.8) is 0 Å². The first-order valence-electron chi connectivity index (χ1n) is 15.1. The number of fused-ring (bicyclic) bond motifs is 1. The number of alkyl halides is 1. The molecular weight excluding hydrogens is 588 g/mol. The molecule has 240 valence electrons. The molecule has 4 atom stereocenters. The Hall–Kier alpha value is -2.42. The molecule has 14 heteroatoms. The summed E-state index contributed by atoms with van der Waals surface area (Å²) in [5.74, 6) is 2.15. The van der Waals surface area contributed by atoms with Crippen LogP contribution in [-0.4, -0.2) is 79.4 Å². The van der Waals surface area contributed by atoms with E-state index in [-0.39, 0.29) is 52.2 Å². The fraction of sp³-hybridized carbons (Fsp3) is 0.724. The summed E-state index contributed by atoms with van der Waals surface area (Å²) in [4.78, 5) is 37.2. The van der Waals surface area contributed by atoms with E-state index in [9.17, 15) is 9.59 Å². The number of ether oxygens (including phenoxy) is 1. The van der Waals surface area contributed by atoms with E-state index in [1.165, 1.54) is 10.9 Å². The molecule has 1 unspecified atom stereocenters. The van der Waals surface area contributed by atoms with Gasteiger partial charge in [-0.25, -0.2) is 9.37 Å². The van der Waals surface area contributed by atoms with E-state index >= 15 is 4.39 Å². The third kappa shape index (κ3) is 6.97. The van der Waals surface area contributed by atoms with Crippen LogP contribution in [0.25, 0.3) is 11.2 Å². The molecule has 3 rings (SSSR count). The molecule has 1 aliphatic heterocycles. The second-order valence-corrected chi connectivity index (χ2v) is 20.9. The Morgan fingerprint density at radius 1 is 1.19 bits per heavy atom. The van der Waals surface area contributed by atoms with Crippen LogP contribution in [0.1, 0.15) is 75.5 Å². The summed E-state index contributed by atoms with van der Waals surface area (Å²) < 4.78 is 38.1. The molecule has 1 aliphatic rings. The maximum Gasteiger partial charge on any atom is 0.340 e. The molecular formula is C29H49FN6O5Si2. The molecule has 0 bridgehead atoms. The maximum atomic E-state index is 17.4. The lowest BCUT2D eigenvalue weighted by molar-refractivity contribution is -0.118. The predicted octanol–water partition coefficient (Wildman–Crippen LogP) is 4.90. The summed E-state index contributed by atoms with van der Waals surface area (Å²) in [6, 6.07) is 0. The molecule has 1 saturated heterocycles. The Balaban J connectivity index is 2.14. The number of nitrogens with zero attached hydrogens (tertiary/aromatic N) is 4. The van der Waals surface area contributed by atoms with Crippen molar-refractivity contribution in [3.05, 3.63) is 6.33 Å². The Morgan fingerprint density at radius 3 is 2.28 bits per heavy atom. The van der Waals surface area contributed by atoms with Gasteiger partial charge in [0.05, 0.1) is 12.9 Å². The number of hydrogen-bond donors (Lipinski definition) is 3. The van der Waals surface area contributed by atoms with E-state index in [1.54, 1.807) is 20.9 Å². The molecule has 0 saturated carbocycles. The van der Waals surface area contributed by atoms with Crippen LogP contribution < -0.4 is 10.6 Å². The fourth-order valence-corrected chi connectivity index (χ4v) is 10.8. The van der Waals surface area contributed by atoms with Gasteiger partial charge in [-0.05, 0) is 22.2 Å². The van der Waals surface area contributed by atoms with Crippen LogP contribution in [0.3, 0.4) is 0 Å². The zero-order valence-corrected chi connectivity index (χ0v) is 29.5. The fourth-order valence-electron chi connectivity index (χ4n) is 5.52. The number of terminal acetylenes is 1. The average molecular weight is 637 g/mol. The predicted molar refractivity (Wildman–Crippen MR) is 171 cm³/mol. The van der Waals surface area contributed by atoms with Gasteiger partial charge in [0.25, 0.3) is 0 Å². The summed E-state index contributed by atoms with van der Waals surface area (Å²) >= 11 is 0. The molecule has 43 heavy (non-hydrogen) atoms. The van der Waals surface area contributed by atoms with Gasteiger partial charge in [0.1, 0.15) is 12.2 Å². The number of nitrogens with one attached hydrogen (secondary N) is 2. The zero-order valence-electron chi connectivity index (χ0n) is 27.3. The van der Waals surface area contributed by atoms with Crippen LogP contribution in [0.2, 0.25) is 22.2 Å². The third-order valence-electron chi connectivity index (χ3n) is 8.06. The molecule has 0 aromatic carbocycles. The number of amides is 1. The van der Waals surface area contributed by atoms with E-state index in [4.69, 9.17) is 20.0 Å². The molecule has 2 aromatic rings. The van der Waals surface area contributed by atoms with Gasteiger partial charge in [-0.15, -0.1) is 6.42 Å². The van der Waals surface area contributed by atoms with Gasteiger partial charge < -0.3 is 23.7 Å². The summed E-state index contributed by atoms with van der Waals surface area (Å²) in [7, 11) is -3.55. The van der Waals surface area contributed by atoms with Crippen molar-refractivity contribution in [2.75, 3.05) is 24.3 Å². The monoisotopic (exact) mass is 636 g/mol. The number of imidazole rings is 1. The van der Waals surface area contributed by atoms with E-state index in [2.05, 4.69) is 59.2 Å². The van der Waals surface area contributed by atoms with Crippen LogP contribution in [0.4, 0.5) is 16.2 Å². The molecule has 3 N–H and O–H groups in total. The molecule has 0 spiro atoms. The second-order valence-electron chi connectivity index (χ2n) is 12.9. The topological polar surface area (TPSA) is 133 Å². The van der Waals surface area contributed by atoms with Crippen LogP contribution in [0.15, 0.2) is 6.33 Å². The molecule has 11 nitrogen and oxygen atoms in total. The third-order valence-corrected chi connectivity index (χ3v) is 15.2. The minimum Gasteiger partial charge on any atom is -0.410 e. The molecule has 3 heterocycles. The van der Waals surface area contributed by atoms with Gasteiger partial charge in [-0.2, -0.15) is 9.97 Å². The molecule has 0 aliphatic carbocycles. The molecule has 1 amide bonds. The number of carbonyl (C=O) groups is 1. The molecule has 1 fully saturated rings. The normalized spacial score (nSPS) is 23.0. The number of aromatic nitrogens is 4. The van der Waals surface area contributed by atoms with E-state index in [1.807, 2.05) is 27.7 Å². The van der Waals surface area contributed by atoms with E-state index in [0.717, 1.165) is 0 Å². The molecule has 2 aromatic heterocycles. The number of halogens is 1. The van der Waals surface area contributed by atoms with Gasteiger partial charge in [-0.3, -0.25) is 14.7 Å². The van der Waals surface area contributed by atoms with Crippen molar-refractivity contribution >= 4 is 46.4 Å². The van der Waals surface area contributed by atoms with E-state index in [0.29, 0.717) is 11.3 Å². The lowest BCUT2D eigenvalue weighted by Crippen LogP contribution is -2.51. The van der Waals surface area contributed by atoms with Gasteiger partial charge in [0, 0.05) is 13.0 Å². The highest BCUT2D eigenvalue weighted by Gasteiger charge is 2.60.